The molecule has 0 unspecified atom stereocenters. The quantitative estimate of drug-likeness (QED) is 0.545. The van der Waals surface area contributed by atoms with Gasteiger partial charge < -0.3 is 21.1 Å². The van der Waals surface area contributed by atoms with Crippen LogP contribution in [0.1, 0.15) is 39.5 Å². The Bertz CT molecular complexity index is 378. The smallest absolute Gasteiger partial charge is 0.314 e. The Morgan fingerprint density at radius 2 is 1.85 bits per heavy atom. The van der Waals surface area contributed by atoms with Crippen molar-refractivity contribution in [3.8, 4) is 0 Å². The van der Waals surface area contributed by atoms with Gasteiger partial charge in [0, 0.05) is 25.6 Å². The van der Waals surface area contributed by atoms with E-state index in [9.17, 15) is 14.4 Å². The molecule has 0 heterocycles. The number of aliphatic carboxylic acids is 1. The molecule has 1 rings (SSSR count). The van der Waals surface area contributed by atoms with Crippen LogP contribution in [0.2, 0.25) is 0 Å². The van der Waals surface area contributed by atoms with E-state index in [2.05, 4.69) is 16.0 Å². The molecule has 0 radical (unpaired) electrons. The van der Waals surface area contributed by atoms with Gasteiger partial charge in [-0.05, 0) is 26.7 Å². The van der Waals surface area contributed by atoms with E-state index >= 15 is 0 Å². The van der Waals surface area contributed by atoms with E-state index < -0.39 is 17.4 Å². The summed E-state index contributed by atoms with van der Waals surface area (Å²) in [6.45, 7) is 4.08. The highest BCUT2D eigenvalue weighted by Crippen LogP contribution is 2.40. The molecule has 0 atom stereocenters. The second-order valence-corrected chi connectivity index (χ2v) is 5.52. The molecule has 0 bridgehead atoms. The summed E-state index contributed by atoms with van der Waals surface area (Å²) in [5, 5.41) is 16.9. The SMILES string of the molecule is CC(C)NC(=O)CCNC(=O)NCC1(C(=O)O)CCC1. The van der Waals surface area contributed by atoms with Gasteiger partial charge in [-0.2, -0.15) is 0 Å². The summed E-state index contributed by atoms with van der Waals surface area (Å²) in [5.41, 5.74) is -0.799. The summed E-state index contributed by atoms with van der Waals surface area (Å²) in [7, 11) is 0. The Morgan fingerprint density at radius 1 is 1.20 bits per heavy atom. The molecule has 0 saturated heterocycles. The standard InChI is InChI=1S/C13H23N3O4/c1-9(2)16-10(17)4-7-14-12(20)15-8-13(11(18)19)5-3-6-13/h9H,3-8H2,1-2H3,(H,16,17)(H,18,19)(H2,14,15,20). The highest BCUT2D eigenvalue weighted by Gasteiger charge is 2.44. The van der Waals surface area contributed by atoms with E-state index in [4.69, 9.17) is 5.11 Å². The number of urea groups is 1. The molecule has 20 heavy (non-hydrogen) atoms. The number of carbonyl (C=O) groups excluding carboxylic acids is 2. The lowest BCUT2D eigenvalue weighted by Gasteiger charge is -2.37. The Balaban J connectivity index is 2.18. The molecule has 0 aromatic carbocycles. The average molecular weight is 285 g/mol. The van der Waals surface area contributed by atoms with Crippen molar-refractivity contribution in [3.05, 3.63) is 0 Å². The molecule has 0 aromatic rings. The first-order chi connectivity index (χ1) is 9.35. The van der Waals surface area contributed by atoms with E-state index in [1.54, 1.807) is 0 Å². The number of hydrogen-bond donors (Lipinski definition) is 4. The van der Waals surface area contributed by atoms with Gasteiger partial charge >= 0.3 is 12.0 Å². The van der Waals surface area contributed by atoms with E-state index in [-0.39, 0.29) is 31.5 Å². The van der Waals surface area contributed by atoms with Crippen LogP contribution in [0.15, 0.2) is 0 Å². The molecule has 0 aromatic heterocycles. The molecule has 0 aliphatic heterocycles. The lowest BCUT2D eigenvalue weighted by atomic mass is 9.69. The maximum Gasteiger partial charge on any atom is 0.314 e. The van der Waals surface area contributed by atoms with Gasteiger partial charge in [0.15, 0.2) is 0 Å². The fraction of sp³-hybridized carbons (Fsp3) is 0.769. The molecular formula is C13H23N3O4. The number of carboxylic acid groups (broad SMARTS) is 1. The number of nitrogens with one attached hydrogen (secondary N) is 3. The molecule has 114 valence electrons. The maximum atomic E-state index is 11.5. The van der Waals surface area contributed by atoms with Crippen LogP contribution in [0.25, 0.3) is 0 Å². The van der Waals surface area contributed by atoms with Gasteiger partial charge in [-0.25, -0.2) is 4.79 Å². The summed E-state index contributed by atoms with van der Waals surface area (Å²) in [6, 6.07) is -0.361. The highest BCUT2D eigenvalue weighted by molar-refractivity contribution is 5.80. The molecule has 1 aliphatic rings. The molecule has 1 fully saturated rings. The number of hydrogen-bond acceptors (Lipinski definition) is 3. The predicted octanol–water partition coefficient (Wildman–Crippen LogP) is 0.455. The van der Waals surface area contributed by atoms with Gasteiger partial charge in [-0.15, -0.1) is 0 Å². The molecule has 1 saturated carbocycles. The van der Waals surface area contributed by atoms with Crippen molar-refractivity contribution in [3.63, 3.8) is 0 Å². The second-order valence-electron chi connectivity index (χ2n) is 5.52. The van der Waals surface area contributed by atoms with Crippen LogP contribution in [-0.2, 0) is 9.59 Å². The second kappa shape index (κ2) is 7.12. The number of carboxylic acids is 1. The van der Waals surface area contributed by atoms with Crippen molar-refractivity contribution in [1.82, 2.24) is 16.0 Å². The third-order valence-electron chi connectivity index (χ3n) is 3.44. The lowest BCUT2D eigenvalue weighted by Crippen LogP contribution is -2.50. The van der Waals surface area contributed by atoms with E-state index in [1.165, 1.54) is 0 Å². The molecule has 7 heteroatoms. The summed E-state index contributed by atoms with van der Waals surface area (Å²) in [4.78, 5) is 33.9. The van der Waals surface area contributed by atoms with Crippen LogP contribution in [-0.4, -0.2) is 42.1 Å². The normalized spacial score (nSPS) is 16.1. The van der Waals surface area contributed by atoms with Crippen LogP contribution >= 0.6 is 0 Å². The van der Waals surface area contributed by atoms with Crippen LogP contribution in [0.3, 0.4) is 0 Å². The van der Waals surface area contributed by atoms with Crippen LogP contribution in [0.5, 0.6) is 0 Å². The van der Waals surface area contributed by atoms with E-state index in [1.807, 2.05) is 13.8 Å². The van der Waals surface area contributed by atoms with Gasteiger partial charge in [0.25, 0.3) is 0 Å². The molecule has 4 N–H and O–H groups in total. The van der Waals surface area contributed by atoms with Crippen LogP contribution < -0.4 is 16.0 Å². The third-order valence-corrected chi connectivity index (χ3v) is 3.44. The Labute approximate surface area is 118 Å². The average Bonchev–Trinajstić information content (AvgIpc) is 2.25. The number of amides is 3. The third kappa shape index (κ3) is 4.71. The minimum absolute atomic E-state index is 0.0744. The Kier molecular flexibility index (Phi) is 5.79. The molecule has 1 aliphatic carbocycles. The van der Waals surface area contributed by atoms with Crippen molar-refractivity contribution in [2.45, 2.75) is 45.6 Å². The minimum atomic E-state index is -0.861. The minimum Gasteiger partial charge on any atom is -0.481 e. The first kappa shape index (κ1) is 16.3. The van der Waals surface area contributed by atoms with Gasteiger partial charge in [-0.3, -0.25) is 9.59 Å². The van der Waals surface area contributed by atoms with Gasteiger partial charge in [0.1, 0.15) is 0 Å². The van der Waals surface area contributed by atoms with E-state index in [0.717, 1.165) is 6.42 Å². The maximum absolute atomic E-state index is 11.5. The molecular weight excluding hydrogens is 262 g/mol. The summed E-state index contributed by atoms with van der Waals surface area (Å²) in [5.74, 6) is -0.985. The zero-order valence-electron chi connectivity index (χ0n) is 12.0. The van der Waals surface area contributed by atoms with Crippen LogP contribution in [0.4, 0.5) is 4.79 Å². The monoisotopic (exact) mass is 285 g/mol. The van der Waals surface area contributed by atoms with Crippen molar-refractivity contribution >= 4 is 17.9 Å². The summed E-state index contributed by atoms with van der Waals surface area (Å²) in [6.07, 6.45) is 2.28. The topological polar surface area (TPSA) is 108 Å². The zero-order chi connectivity index (χ0) is 15.2. The molecule has 3 amide bonds. The Hall–Kier alpha value is -1.79. The van der Waals surface area contributed by atoms with E-state index in [0.29, 0.717) is 12.8 Å². The summed E-state index contributed by atoms with van der Waals surface area (Å²) < 4.78 is 0. The fourth-order valence-electron chi connectivity index (χ4n) is 2.07. The lowest BCUT2D eigenvalue weighted by molar-refractivity contribution is -0.153. The largest absolute Gasteiger partial charge is 0.481 e. The fourth-order valence-corrected chi connectivity index (χ4v) is 2.07. The zero-order valence-corrected chi connectivity index (χ0v) is 12.0. The molecule has 0 spiro atoms. The predicted molar refractivity (Wildman–Crippen MR) is 73.2 cm³/mol. The van der Waals surface area contributed by atoms with Gasteiger partial charge in [0.2, 0.25) is 5.91 Å². The van der Waals surface area contributed by atoms with Crippen molar-refractivity contribution in [1.29, 1.82) is 0 Å². The van der Waals surface area contributed by atoms with Gasteiger partial charge in [0.05, 0.1) is 5.41 Å². The molecule has 7 nitrogen and oxygen atoms in total. The first-order valence-corrected chi connectivity index (χ1v) is 6.90. The first-order valence-electron chi connectivity index (χ1n) is 6.90. The van der Waals surface area contributed by atoms with Crippen molar-refractivity contribution in [2.24, 2.45) is 5.41 Å². The Morgan fingerprint density at radius 3 is 2.30 bits per heavy atom. The van der Waals surface area contributed by atoms with Crippen molar-refractivity contribution < 1.29 is 19.5 Å². The van der Waals surface area contributed by atoms with Crippen molar-refractivity contribution in [2.75, 3.05) is 13.1 Å². The van der Waals surface area contributed by atoms with Crippen LogP contribution in [0, 0.1) is 5.41 Å². The van der Waals surface area contributed by atoms with Gasteiger partial charge in [-0.1, -0.05) is 6.42 Å². The number of rotatable bonds is 7. The number of carbonyl (C=O) groups is 3. The summed E-state index contributed by atoms with van der Waals surface area (Å²) >= 11 is 0. The highest BCUT2D eigenvalue weighted by atomic mass is 16.4.